The summed E-state index contributed by atoms with van der Waals surface area (Å²) in [6.07, 6.45) is 7.98. The van der Waals surface area contributed by atoms with Gasteiger partial charge in [0, 0.05) is 18.5 Å². The normalized spacial score (nSPS) is 12.4. The van der Waals surface area contributed by atoms with Gasteiger partial charge in [0.25, 0.3) is 5.91 Å². The lowest BCUT2D eigenvalue weighted by molar-refractivity contribution is -0.116. The Morgan fingerprint density at radius 3 is 2.46 bits per heavy atom. The topological polar surface area (TPSA) is 67.2 Å². The standard InChI is InChI=1S/C19H22N4O/c1-14(17-13-20-11-12-21-17)22-23-18(24)10-7-15-5-8-16(9-6-15)19(2,3)4/h5-13H,1-4H3,(H,23,24)/b10-7+,22-14+. The number of benzene rings is 1. The minimum absolute atomic E-state index is 0.117. The van der Waals surface area contributed by atoms with E-state index in [9.17, 15) is 4.79 Å². The molecule has 124 valence electrons. The van der Waals surface area contributed by atoms with Gasteiger partial charge >= 0.3 is 0 Å². The van der Waals surface area contributed by atoms with Crippen molar-refractivity contribution in [2.45, 2.75) is 33.1 Å². The number of hydrazone groups is 1. The quantitative estimate of drug-likeness (QED) is 0.533. The lowest BCUT2D eigenvalue weighted by atomic mass is 9.87. The van der Waals surface area contributed by atoms with E-state index in [4.69, 9.17) is 0 Å². The number of hydrogen-bond acceptors (Lipinski definition) is 4. The molecule has 0 radical (unpaired) electrons. The highest BCUT2D eigenvalue weighted by molar-refractivity contribution is 5.98. The Kier molecular flexibility index (Phi) is 5.58. The minimum atomic E-state index is -0.293. The van der Waals surface area contributed by atoms with Gasteiger partial charge in [-0.25, -0.2) is 5.43 Å². The molecule has 5 heteroatoms. The number of nitrogens with one attached hydrogen (secondary N) is 1. The molecule has 0 spiro atoms. The van der Waals surface area contributed by atoms with Gasteiger partial charge in [0.2, 0.25) is 0 Å². The van der Waals surface area contributed by atoms with E-state index in [1.54, 1.807) is 31.6 Å². The molecule has 0 saturated heterocycles. The largest absolute Gasteiger partial charge is 0.268 e. The first-order valence-corrected chi connectivity index (χ1v) is 7.75. The molecule has 0 unspecified atom stereocenters. The van der Waals surface area contributed by atoms with Crippen LogP contribution in [0, 0.1) is 0 Å². The molecule has 1 amide bonds. The van der Waals surface area contributed by atoms with Crippen molar-refractivity contribution in [2.24, 2.45) is 5.10 Å². The molecular formula is C19H22N4O. The maximum atomic E-state index is 11.8. The van der Waals surface area contributed by atoms with E-state index in [-0.39, 0.29) is 11.3 Å². The average Bonchev–Trinajstić information content (AvgIpc) is 2.58. The van der Waals surface area contributed by atoms with Crippen LogP contribution in [0.2, 0.25) is 0 Å². The van der Waals surface area contributed by atoms with Gasteiger partial charge in [-0.3, -0.25) is 14.8 Å². The van der Waals surface area contributed by atoms with Crippen molar-refractivity contribution in [3.8, 4) is 0 Å². The molecule has 1 heterocycles. The number of carbonyl (C=O) groups excluding carboxylic acids is 1. The molecule has 0 aliphatic rings. The molecule has 2 aromatic rings. The summed E-state index contributed by atoms with van der Waals surface area (Å²) in [4.78, 5) is 19.9. The second kappa shape index (κ2) is 7.64. The van der Waals surface area contributed by atoms with Crippen molar-refractivity contribution in [1.82, 2.24) is 15.4 Å². The second-order valence-corrected chi connectivity index (χ2v) is 6.47. The molecule has 5 nitrogen and oxygen atoms in total. The zero-order chi connectivity index (χ0) is 17.6. The molecule has 0 bridgehead atoms. The highest BCUT2D eigenvalue weighted by atomic mass is 16.2. The first-order valence-electron chi connectivity index (χ1n) is 7.75. The number of nitrogens with zero attached hydrogens (tertiary/aromatic N) is 3. The van der Waals surface area contributed by atoms with E-state index < -0.39 is 0 Å². The Hall–Kier alpha value is -2.82. The van der Waals surface area contributed by atoms with Crippen molar-refractivity contribution in [3.63, 3.8) is 0 Å². The number of rotatable bonds is 4. The summed E-state index contributed by atoms with van der Waals surface area (Å²) < 4.78 is 0. The van der Waals surface area contributed by atoms with Gasteiger partial charge < -0.3 is 0 Å². The van der Waals surface area contributed by atoms with Crippen LogP contribution in [0.25, 0.3) is 6.08 Å². The number of amides is 1. The van der Waals surface area contributed by atoms with Gasteiger partial charge in [0.15, 0.2) is 0 Å². The minimum Gasteiger partial charge on any atom is -0.268 e. The second-order valence-electron chi connectivity index (χ2n) is 6.47. The van der Waals surface area contributed by atoms with Gasteiger partial charge in [0.1, 0.15) is 5.69 Å². The first-order chi connectivity index (χ1) is 11.4. The highest BCUT2D eigenvalue weighted by Gasteiger charge is 2.12. The van der Waals surface area contributed by atoms with Crippen LogP contribution in [-0.2, 0) is 10.2 Å². The smallest absolute Gasteiger partial charge is 0.264 e. The summed E-state index contributed by atoms with van der Waals surface area (Å²) in [6.45, 7) is 8.27. The number of hydrogen-bond donors (Lipinski definition) is 1. The van der Waals surface area contributed by atoms with Gasteiger partial charge in [-0.1, -0.05) is 45.0 Å². The molecule has 2 rings (SSSR count). The van der Waals surface area contributed by atoms with Gasteiger partial charge in [-0.15, -0.1) is 0 Å². The molecule has 0 atom stereocenters. The van der Waals surface area contributed by atoms with Crippen molar-refractivity contribution in [3.05, 3.63) is 65.8 Å². The third kappa shape index (κ3) is 5.12. The SMILES string of the molecule is C/C(=N\NC(=O)/C=C/c1ccc(C(C)(C)C)cc1)c1cnccn1. The van der Waals surface area contributed by atoms with Crippen LogP contribution in [0.4, 0.5) is 0 Å². The van der Waals surface area contributed by atoms with Crippen LogP contribution < -0.4 is 5.43 Å². The molecule has 24 heavy (non-hydrogen) atoms. The summed E-state index contributed by atoms with van der Waals surface area (Å²) in [5.41, 5.74) is 6.04. The molecule has 1 aromatic heterocycles. The third-order valence-corrected chi connectivity index (χ3v) is 3.47. The van der Waals surface area contributed by atoms with E-state index in [1.807, 2.05) is 12.1 Å². The molecule has 1 N–H and O–H groups in total. The molecular weight excluding hydrogens is 300 g/mol. The monoisotopic (exact) mass is 322 g/mol. The van der Waals surface area contributed by atoms with Crippen LogP contribution in [0.15, 0.2) is 54.0 Å². The fourth-order valence-corrected chi connectivity index (χ4v) is 1.99. The fourth-order valence-electron chi connectivity index (χ4n) is 1.99. The summed E-state index contributed by atoms with van der Waals surface area (Å²) in [5, 5.41) is 4.02. The summed E-state index contributed by atoms with van der Waals surface area (Å²) in [5.74, 6) is -0.293. The number of aromatic nitrogens is 2. The summed E-state index contributed by atoms with van der Waals surface area (Å²) in [7, 11) is 0. The Morgan fingerprint density at radius 1 is 1.17 bits per heavy atom. The highest BCUT2D eigenvalue weighted by Crippen LogP contribution is 2.22. The van der Waals surface area contributed by atoms with Crippen LogP contribution in [-0.4, -0.2) is 21.6 Å². The summed E-state index contributed by atoms with van der Waals surface area (Å²) in [6, 6.07) is 8.15. The van der Waals surface area contributed by atoms with Crippen molar-refractivity contribution < 1.29 is 4.79 Å². The zero-order valence-electron chi connectivity index (χ0n) is 14.4. The van der Waals surface area contributed by atoms with Crippen LogP contribution >= 0.6 is 0 Å². The van der Waals surface area contributed by atoms with E-state index in [2.05, 4.69) is 53.4 Å². The van der Waals surface area contributed by atoms with Gasteiger partial charge in [0.05, 0.1) is 11.9 Å². The zero-order valence-corrected chi connectivity index (χ0v) is 14.4. The van der Waals surface area contributed by atoms with Crippen molar-refractivity contribution >= 4 is 17.7 Å². The van der Waals surface area contributed by atoms with Crippen molar-refractivity contribution in [1.29, 1.82) is 0 Å². The average molecular weight is 322 g/mol. The van der Waals surface area contributed by atoms with E-state index in [0.29, 0.717) is 11.4 Å². The van der Waals surface area contributed by atoms with Crippen molar-refractivity contribution in [2.75, 3.05) is 0 Å². The predicted molar refractivity (Wildman–Crippen MR) is 96.6 cm³/mol. The molecule has 0 saturated carbocycles. The summed E-state index contributed by atoms with van der Waals surface area (Å²) >= 11 is 0. The third-order valence-electron chi connectivity index (χ3n) is 3.47. The predicted octanol–water partition coefficient (Wildman–Crippen LogP) is 3.33. The van der Waals surface area contributed by atoms with Crippen LogP contribution in [0.3, 0.4) is 0 Å². The molecule has 0 aliphatic carbocycles. The Bertz CT molecular complexity index is 741. The molecule has 0 aliphatic heterocycles. The maximum Gasteiger partial charge on any atom is 0.264 e. The Labute approximate surface area is 142 Å². The lowest BCUT2D eigenvalue weighted by Crippen LogP contribution is -2.17. The first kappa shape index (κ1) is 17.5. The maximum absolute atomic E-state index is 11.8. The van der Waals surface area contributed by atoms with Gasteiger partial charge in [-0.05, 0) is 29.5 Å². The lowest BCUT2D eigenvalue weighted by Gasteiger charge is -2.18. The Balaban J connectivity index is 1.96. The van der Waals surface area contributed by atoms with E-state index in [1.165, 1.54) is 11.6 Å². The molecule has 1 aromatic carbocycles. The fraction of sp³-hybridized carbons (Fsp3) is 0.263. The van der Waals surface area contributed by atoms with Crippen LogP contribution in [0.5, 0.6) is 0 Å². The van der Waals surface area contributed by atoms with Gasteiger partial charge in [-0.2, -0.15) is 5.10 Å². The van der Waals surface area contributed by atoms with E-state index in [0.717, 1.165) is 5.56 Å². The Morgan fingerprint density at radius 2 is 1.88 bits per heavy atom. The van der Waals surface area contributed by atoms with Crippen LogP contribution in [0.1, 0.15) is 44.5 Å². The van der Waals surface area contributed by atoms with E-state index >= 15 is 0 Å². The number of carbonyl (C=O) groups is 1. The molecule has 0 fully saturated rings.